The maximum absolute atomic E-state index is 12.7. The summed E-state index contributed by atoms with van der Waals surface area (Å²) in [5.41, 5.74) is 1.18. The van der Waals surface area contributed by atoms with E-state index in [9.17, 15) is 9.59 Å². The van der Waals surface area contributed by atoms with Crippen LogP contribution in [0.3, 0.4) is 0 Å². The van der Waals surface area contributed by atoms with Gasteiger partial charge < -0.3 is 4.57 Å². The molecule has 0 aromatic carbocycles. The minimum absolute atomic E-state index is 0.0863. The summed E-state index contributed by atoms with van der Waals surface area (Å²) >= 11 is 1.37. The average molecular weight is 355 g/mol. The molecule has 3 heterocycles. The van der Waals surface area contributed by atoms with E-state index in [4.69, 9.17) is 0 Å². The van der Waals surface area contributed by atoms with E-state index in [1.165, 1.54) is 11.3 Å². The summed E-state index contributed by atoms with van der Waals surface area (Å²) < 4.78 is 1.81. The molecule has 25 heavy (non-hydrogen) atoms. The molecule has 0 saturated heterocycles. The van der Waals surface area contributed by atoms with Gasteiger partial charge in [0.05, 0.1) is 5.39 Å². The van der Waals surface area contributed by atoms with Gasteiger partial charge in [0.1, 0.15) is 16.2 Å². The molecule has 0 spiro atoms. The number of fused-ring (bicyclic) bond motifs is 1. The lowest BCUT2D eigenvalue weighted by Gasteiger charge is -2.10. The Balaban J connectivity index is 1.71. The summed E-state index contributed by atoms with van der Waals surface area (Å²) in [5, 5.41) is 12.6. The fourth-order valence-electron chi connectivity index (χ4n) is 2.71. The van der Waals surface area contributed by atoms with E-state index in [0.29, 0.717) is 28.6 Å². The maximum Gasteiger partial charge on any atom is 0.262 e. The number of rotatable bonds is 4. The molecule has 0 unspecified atom stereocenters. The predicted molar refractivity (Wildman–Crippen MR) is 96.3 cm³/mol. The summed E-state index contributed by atoms with van der Waals surface area (Å²) in [6, 6.07) is 3.50. The van der Waals surface area contributed by atoms with Crippen LogP contribution in [0.1, 0.15) is 46.7 Å². The molecule has 1 saturated carbocycles. The second kappa shape index (κ2) is 6.03. The second-order valence-electron chi connectivity index (χ2n) is 6.16. The number of hydrogen-bond acceptors (Lipinski definition) is 6. The van der Waals surface area contributed by atoms with E-state index < -0.39 is 5.91 Å². The van der Waals surface area contributed by atoms with Crippen LogP contribution < -0.4 is 10.7 Å². The van der Waals surface area contributed by atoms with Gasteiger partial charge in [0.2, 0.25) is 10.6 Å². The van der Waals surface area contributed by atoms with Gasteiger partial charge in [-0.2, -0.15) is 0 Å². The van der Waals surface area contributed by atoms with Crippen molar-refractivity contribution in [3.63, 3.8) is 0 Å². The van der Waals surface area contributed by atoms with E-state index in [1.807, 2.05) is 18.4 Å². The van der Waals surface area contributed by atoms with E-state index in [1.54, 1.807) is 18.3 Å². The first-order valence-corrected chi connectivity index (χ1v) is 9.04. The molecule has 1 aliphatic rings. The molecule has 3 aromatic rings. The molecule has 1 amide bonds. The molecule has 0 aliphatic heterocycles. The molecular formula is C17H17N5O2S. The normalized spacial score (nSPS) is 14.0. The highest BCUT2D eigenvalue weighted by atomic mass is 32.1. The van der Waals surface area contributed by atoms with Gasteiger partial charge in [0, 0.05) is 24.4 Å². The maximum atomic E-state index is 12.7. The van der Waals surface area contributed by atoms with Crippen LogP contribution >= 0.6 is 11.3 Å². The number of hydrogen-bond donors (Lipinski definition) is 1. The lowest BCUT2D eigenvalue weighted by molar-refractivity contribution is 0.102. The second-order valence-corrected chi connectivity index (χ2v) is 7.16. The zero-order valence-corrected chi connectivity index (χ0v) is 14.8. The average Bonchev–Trinajstić information content (AvgIpc) is 3.35. The highest BCUT2D eigenvalue weighted by Gasteiger charge is 2.28. The smallest absolute Gasteiger partial charge is 0.262 e. The quantitative estimate of drug-likeness (QED) is 0.777. The molecule has 1 fully saturated rings. The van der Waals surface area contributed by atoms with Gasteiger partial charge in [-0.15, -0.1) is 10.2 Å². The molecule has 8 heteroatoms. The first-order valence-electron chi connectivity index (χ1n) is 8.22. The third-order valence-electron chi connectivity index (χ3n) is 4.23. The fraction of sp³-hybridized carbons (Fsp3) is 0.353. The van der Waals surface area contributed by atoms with Gasteiger partial charge in [-0.3, -0.25) is 14.9 Å². The molecule has 128 valence electrons. The van der Waals surface area contributed by atoms with Crippen LogP contribution in [0.5, 0.6) is 0 Å². The highest BCUT2D eigenvalue weighted by molar-refractivity contribution is 7.15. The van der Waals surface area contributed by atoms with Crippen LogP contribution in [-0.2, 0) is 6.54 Å². The number of amides is 1. The Morgan fingerprint density at radius 1 is 1.36 bits per heavy atom. The number of nitrogens with one attached hydrogen (secondary N) is 1. The SMILES string of the molecule is CCn1cc(C(=O)Nc2nnc(C3CC3)s2)c(=O)c2ccc(C)nc21. The highest BCUT2D eigenvalue weighted by Crippen LogP contribution is 2.42. The lowest BCUT2D eigenvalue weighted by atomic mass is 10.1. The van der Waals surface area contributed by atoms with Crippen LogP contribution in [0.2, 0.25) is 0 Å². The van der Waals surface area contributed by atoms with Gasteiger partial charge in [-0.1, -0.05) is 11.3 Å². The minimum atomic E-state index is -0.465. The number of carbonyl (C=O) groups excluding carboxylic acids is 1. The van der Waals surface area contributed by atoms with Crippen LogP contribution in [0, 0.1) is 6.92 Å². The number of pyridine rings is 2. The van der Waals surface area contributed by atoms with Gasteiger partial charge >= 0.3 is 0 Å². The summed E-state index contributed by atoms with van der Waals surface area (Å²) in [6.45, 7) is 4.43. The minimum Gasteiger partial charge on any atom is -0.332 e. The van der Waals surface area contributed by atoms with E-state index in [2.05, 4.69) is 20.5 Å². The van der Waals surface area contributed by atoms with Crippen molar-refractivity contribution in [1.82, 2.24) is 19.7 Å². The Labute approximate surface area is 147 Å². The summed E-state index contributed by atoms with van der Waals surface area (Å²) in [4.78, 5) is 29.8. The number of nitrogens with zero attached hydrogens (tertiary/aromatic N) is 4. The van der Waals surface area contributed by atoms with Gasteiger partial charge in [-0.25, -0.2) is 4.98 Å². The molecule has 7 nitrogen and oxygen atoms in total. The Morgan fingerprint density at radius 3 is 2.88 bits per heavy atom. The van der Waals surface area contributed by atoms with E-state index >= 15 is 0 Å². The third kappa shape index (κ3) is 2.93. The van der Waals surface area contributed by atoms with Crippen LogP contribution in [-0.4, -0.2) is 25.7 Å². The Morgan fingerprint density at radius 2 is 2.16 bits per heavy atom. The number of anilines is 1. The topological polar surface area (TPSA) is 89.8 Å². The summed E-state index contributed by atoms with van der Waals surface area (Å²) in [5.74, 6) is 0.0172. The molecule has 3 aromatic heterocycles. The van der Waals surface area contributed by atoms with Crippen molar-refractivity contribution in [3.8, 4) is 0 Å². The summed E-state index contributed by atoms with van der Waals surface area (Å²) in [7, 11) is 0. The summed E-state index contributed by atoms with van der Waals surface area (Å²) in [6.07, 6.45) is 3.82. The molecule has 1 N–H and O–H groups in total. The molecule has 0 bridgehead atoms. The third-order valence-corrected chi connectivity index (χ3v) is 5.23. The first-order chi connectivity index (χ1) is 12.1. The van der Waals surface area contributed by atoms with Crippen molar-refractivity contribution in [1.29, 1.82) is 0 Å². The monoisotopic (exact) mass is 355 g/mol. The standard InChI is InChI=1S/C17H17N5O2S/c1-3-22-8-12(13(23)11-7-4-9(2)18-14(11)22)15(24)19-17-21-20-16(25-17)10-5-6-10/h4,7-8,10H,3,5-6H2,1-2H3,(H,19,21,24). The Bertz CT molecular complexity index is 1040. The van der Waals surface area contributed by atoms with Crippen LogP contribution in [0.4, 0.5) is 5.13 Å². The predicted octanol–water partition coefficient (Wildman–Crippen LogP) is 2.71. The van der Waals surface area contributed by atoms with Gasteiger partial charge in [-0.05, 0) is 38.8 Å². The zero-order chi connectivity index (χ0) is 17.6. The Kier molecular flexibility index (Phi) is 3.84. The molecule has 0 atom stereocenters. The largest absolute Gasteiger partial charge is 0.332 e. The zero-order valence-electron chi connectivity index (χ0n) is 13.9. The van der Waals surface area contributed by atoms with Gasteiger partial charge in [0.15, 0.2) is 0 Å². The van der Waals surface area contributed by atoms with Crippen LogP contribution in [0.25, 0.3) is 11.0 Å². The lowest BCUT2D eigenvalue weighted by Crippen LogP contribution is -2.24. The molecular weight excluding hydrogens is 338 g/mol. The molecule has 4 rings (SSSR count). The molecule has 0 radical (unpaired) electrons. The van der Waals surface area contributed by atoms with Crippen molar-refractivity contribution >= 4 is 33.4 Å². The number of aryl methyl sites for hydroxylation is 2. The van der Waals surface area contributed by atoms with Crippen LogP contribution in [0.15, 0.2) is 23.1 Å². The van der Waals surface area contributed by atoms with E-state index in [-0.39, 0.29) is 11.0 Å². The van der Waals surface area contributed by atoms with E-state index in [0.717, 1.165) is 23.5 Å². The van der Waals surface area contributed by atoms with Crippen molar-refractivity contribution in [2.24, 2.45) is 0 Å². The number of aromatic nitrogens is 4. The van der Waals surface area contributed by atoms with Crippen molar-refractivity contribution in [2.75, 3.05) is 5.32 Å². The van der Waals surface area contributed by atoms with Crippen molar-refractivity contribution in [3.05, 3.63) is 44.8 Å². The van der Waals surface area contributed by atoms with Crippen molar-refractivity contribution in [2.45, 2.75) is 39.2 Å². The number of carbonyl (C=O) groups is 1. The van der Waals surface area contributed by atoms with Crippen molar-refractivity contribution < 1.29 is 4.79 Å². The first kappa shape index (κ1) is 15.9. The fourth-order valence-corrected chi connectivity index (χ4v) is 3.61. The Hall–Kier alpha value is -2.61. The molecule has 1 aliphatic carbocycles. The van der Waals surface area contributed by atoms with Gasteiger partial charge in [0.25, 0.3) is 5.91 Å².